The summed E-state index contributed by atoms with van der Waals surface area (Å²) in [4.78, 5) is 34.4. The standard InChI is InChI=1S/C17H14O5/c18-13(9-11-5-1-3-7-14(11)16(19)20)10-12-6-2-4-8-15(12)17(21)22/h1-8H,9-10H2,(H,19,20)(H,21,22). The van der Waals surface area contributed by atoms with E-state index >= 15 is 0 Å². The smallest absolute Gasteiger partial charge is 0.335 e. The molecule has 0 radical (unpaired) electrons. The van der Waals surface area contributed by atoms with E-state index in [-0.39, 0.29) is 29.8 Å². The zero-order chi connectivity index (χ0) is 16.1. The molecule has 0 saturated heterocycles. The number of hydrogen-bond donors (Lipinski definition) is 2. The maximum Gasteiger partial charge on any atom is 0.335 e. The average molecular weight is 298 g/mol. The highest BCUT2D eigenvalue weighted by Crippen LogP contribution is 2.14. The Morgan fingerprint density at radius 1 is 0.682 bits per heavy atom. The molecule has 2 aromatic carbocycles. The first-order valence-electron chi connectivity index (χ1n) is 6.63. The summed E-state index contributed by atoms with van der Waals surface area (Å²) < 4.78 is 0. The van der Waals surface area contributed by atoms with Crippen LogP contribution >= 0.6 is 0 Å². The van der Waals surface area contributed by atoms with Crippen molar-refractivity contribution in [3.8, 4) is 0 Å². The zero-order valence-electron chi connectivity index (χ0n) is 11.7. The minimum Gasteiger partial charge on any atom is -0.478 e. The second-order valence-corrected chi connectivity index (χ2v) is 4.82. The maximum atomic E-state index is 12.1. The lowest BCUT2D eigenvalue weighted by molar-refractivity contribution is -0.117. The van der Waals surface area contributed by atoms with E-state index in [0.29, 0.717) is 11.1 Å². The summed E-state index contributed by atoms with van der Waals surface area (Å²) in [5.74, 6) is -2.41. The molecule has 0 fully saturated rings. The van der Waals surface area contributed by atoms with Crippen LogP contribution in [-0.4, -0.2) is 27.9 Å². The van der Waals surface area contributed by atoms with Gasteiger partial charge in [-0.05, 0) is 23.3 Å². The van der Waals surface area contributed by atoms with Gasteiger partial charge >= 0.3 is 11.9 Å². The monoisotopic (exact) mass is 298 g/mol. The number of carboxylic acid groups (broad SMARTS) is 2. The third-order valence-corrected chi connectivity index (χ3v) is 3.27. The SMILES string of the molecule is O=C(Cc1ccccc1C(=O)O)Cc1ccccc1C(=O)O. The molecule has 0 aromatic heterocycles. The molecule has 0 atom stereocenters. The van der Waals surface area contributed by atoms with Crippen molar-refractivity contribution >= 4 is 17.7 Å². The number of ketones is 1. The minimum absolute atomic E-state index is 0.0452. The second kappa shape index (κ2) is 6.67. The lowest BCUT2D eigenvalue weighted by Crippen LogP contribution is -2.13. The van der Waals surface area contributed by atoms with Gasteiger partial charge < -0.3 is 10.2 Å². The molecule has 0 amide bonds. The molecule has 0 saturated carbocycles. The Labute approximate surface area is 126 Å². The number of aromatic carboxylic acids is 2. The highest BCUT2D eigenvalue weighted by molar-refractivity contribution is 5.94. The Kier molecular flexibility index (Phi) is 4.68. The fraction of sp³-hybridized carbons (Fsp3) is 0.118. The van der Waals surface area contributed by atoms with Crippen LogP contribution in [-0.2, 0) is 17.6 Å². The van der Waals surface area contributed by atoms with Crippen LogP contribution in [0.25, 0.3) is 0 Å². The molecule has 2 rings (SSSR count). The van der Waals surface area contributed by atoms with E-state index in [9.17, 15) is 14.4 Å². The molecule has 0 aliphatic rings. The lowest BCUT2D eigenvalue weighted by atomic mass is 9.96. The van der Waals surface area contributed by atoms with E-state index in [1.807, 2.05) is 0 Å². The topological polar surface area (TPSA) is 91.7 Å². The molecule has 0 heterocycles. The van der Waals surface area contributed by atoms with Crippen molar-refractivity contribution in [1.82, 2.24) is 0 Å². The van der Waals surface area contributed by atoms with E-state index in [1.165, 1.54) is 12.1 Å². The lowest BCUT2D eigenvalue weighted by Gasteiger charge is -2.07. The molecule has 0 unspecified atom stereocenters. The van der Waals surface area contributed by atoms with Crippen LogP contribution in [0.2, 0.25) is 0 Å². The number of carboxylic acids is 2. The third kappa shape index (κ3) is 3.58. The fourth-order valence-electron chi connectivity index (χ4n) is 2.25. The highest BCUT2D eigenvalue weighted by Gasteiger charge is 2.15. The van der Waals surface area contributed by atoms with Crippen LogP contribution in [0.15, 0.2) is 48.5 Å². The van der Waals surface area contributed by atoms with Crippen LogP contribution in [0.5, 0.6) is 0 Å². The normalized spacial score (nSPS) is 10.2. The van der Waals surface area contributed by atoms with E-state index < -0.39 is 11.9 Å². The van der Waals surface area contributed by atoms with Crippen LogP contribution in [0.3, 0.4) is 0 Å². The van der Waals surface area contributed by atoms with Crippen molar-refractivity contribution in [1.29, 1.82) is 0 Å². The van der Waals surface area contributed by atoms with Crippen molar-refractivity contribution < 1.29 is 24.6 Å². The van der Waals surface area contributed by atoms with Crippen LogP contribution in [0.4, 0.5) is 0 Å². The molecule has 112 valence electrons. The van der Waals surface area contributed by atoms with Gasteiger partial charge in [-0.3, -0.25) is 4.79 Å². The van der Waals surface area contributed by atoms with Crippen LogP contribution in [0.1, 0.15) is 31.8 Å². The molecule has 5 heteroatoms. The molecule has 0 aliphatic carbocycles. The Morgan fingerprint density at radius 2 is 1.05 bits per heavy atom. The Balaban J connectivity index is 2.18. The summed E-state index contributed by atoms with van der Waals surface area (Å²) in [7, 11) is 0. The Hall–Kier alpha value is -2.95. The van der Waals surface area contributed by atoms with Gasteiger partial charge in [-0.1, -0.05) is 36.4 Å². The van der Waals surface area contributed by atoms with Crippen molar-refractivity contribution in [3.05, 3.63) is 70.8 Å². The molecule has 0 aliphatic heterocycles. The number of hydrogen-bond acceptors (Lipinski definition) is 3. The number of carbonyl (C=O) groups excluding carboxylic acids is 1. The summed E-state index contributed by atoms with van der Waals surface area (Å²) in [6.07, 6.45) is -0.0904. The Morgan fingerprint density at radius 3 is 1.41 bits per heavy atom. The number of rotatable bonds is 6. The van der Waals surface area contributed by atoms with Crippen LogP contribution in [0, 0.1) is 0 Å². The molecule has 5 nitrogen and oxygen atoms in total. The minimum atomic E-state index is -1.09. The van der Waals surface area contributed by atoms with Crippen molar-refractivity contribution in [3.63, 3.8) is 0 Å². The van der Waals surface area contributed by atoms with E-state index in [1.54, 1.807) is 36.4 Å². The summed E-state index contributed by atoms with van der Waals surface area (Å²) in [5, 5.41) is 18.2. The van der Waals surface area contributed by atoms with Crippen molar-refractivity contribution in [2.24, 2.45) is 0 Å². The molecule has 2 aromatic rings. The summed E-state index contributed by atoms with van der Waals surface area (Å²) >= 11 is 0. The molecular formula is C17H14O5. The highest BCUT2D eigenvalue weighted by atomic mass is 16.4. The van der Waals surface area contributed by atoms with Gasteiger partial charge in [0.2, 0.25) is 0 Å². The van der Waals surface area contributed by atoms with Gasteiger partial charge in [0, 0.05) is 12.8 Å². The summed E-state index contributed by atoms with van der Waals surface area (Å²) in [6.45, 7) is 0. The molecule has 22 heavy (non-hydrogen) atoms. The number of carbonyl (C=O) groups is 3. The summed E-state index contributed by atoms with van der Waals surface area (Å²) in [6, 6.07) is 12.6. The van der Waals surface area contributed by atoms with E-state index in [0.717, 1.165) is 0 Å². The summed E-state index contributed by atoms with van der Waals surface area (Å²) in [5.41, 5.74) is 1.02. The first-order valence-corrected chi connectivity index (χ1v) is 6.63. The van der Waals surface area contributed by atoms with Crippen molar-refractivity contribution in [2.45, 2.75) is 12.8 Å². The largest absolute Gasteiger partial charge is 0.478 e. The van der Waals surface area contributed by atoms with Gasteiger partial charge in [-0.25, -0.2) is 9.59 Å². The van der Waals surface area contributed by atoms with Gasteiger partial charge in [-0.2, -0.15) is 0 Å². The van der Waals surface area contributed by atoms with Gasteiger partial charge in [0.1, 0.15) is 5.78 Å². The average Bonchev–Trinajstić information content (AvgIpc) is 2.47. The van der Waals surface area contributed by atoms with Gasteiger partial charge in [0.05, 0.1) is 11.1 Å². The van der Waals surface area contributed by atoms with E-state index in [4.69, 9.17) is 10.2 Å². The molecule has 2 N–H and O–H groups in total. The number of benzene rings is 2. The third-order valence-electron chi connectivity index (χ3n) is 3.27. The van der Waals surface area contributed by atoms with Crippen LogP contribution < -0.4 is 0 Å². The predicted molar refractivity (Wildman–Crippen MR) is 79.2 cm³/mol. The molecule has 0 bridgehead atoms. The van der Waals surface area contributed by atoms with Gasteiger partial charge in [0.15, 0.2) is 0 Å². The Bertz CT molecular complexity index is 672. The van der Waals surface area contributed by atoms with Gasteiger partial charge in [0.25, 0.3) is 0 Å². The van der Waals surface area contributed by atoms with E-state index in [2.05, 4.69) is 0 Å². The fourth-order valence-corrected chi connectivity index (χ4v) is 2.25. The molecule has 0 spiro atoms. The predicted octanol–water partition coefficient (Wildman–Crippen LogP) is 2.44. The maximum absolute atomic E-state index is 12.1. The van der Waals surface area contributed by atoms with Gasteiger partial charge in [-0.15, -0.1) is 0 Å². The molecular weight excluding hydrogens is 284 g/mol. The quantitative estimate of drug-likeness (QED) is 0.854. The van der Waals surface area contributed by atoms with Crippen molar-refractivity contribution in [2.75, 3.05) is 0 Å². The second-order valence-electron chi connectivity index (χ2n) is 4.82. The zero-order valence-corrected chi connectivity index (χ0v) is 11.7. The first kappa shape index (κ1) is 15.4. The first-order chi connectivity index (χ1) is 10.5. The number of Topliss-reactive ketones (excluding diaryl/α,β-unsaturated/α-hetero) is 1.